The fourth-order valence-corrected chi connectivity index (χ4v) is 2.56. The summed E-state index contributed by atoms with van der Waals surface area (Å²) in [5.41, 5.74) is 1.54. The Morgan fingerprint density at radius 2 is 2.00 bits per heavy atom. The first-order chi connectivity index (χ1) is 12.6. The smallest absolute Gasteiger partial charge is 0.338 e. The number of halogens is 1. The maximum atomic E-state index is 12.1. The molecule has 8 heteroatoms. The van der Waals surface area contributed by atoms with Crippen LogP contribution in [-0.4, -0.2) is 25.3 Å². The molecular weight excluding hydrogens is 360 g/mol. The minimum atomic E-state index is -0.704. The summed E-state index contributed by atoms with van der Waals surface area (Å²) in [7, 11) is 0. The predicted molar refractivity (Wildman–Crippen MR) is 92.2 cm³/mol. The van der Waals surface area contributed by atoms with Crippen LogP contribution in [0.1, 0.15) is 15.9 Å². The summed E-state index contributed by atoms with van der Waals surface area (Å²) >= 11 is 6.01. The number of hydrogen-bond donors (Lipinski definition) is 1. The standard InChI is InChI=1S/C18H13ClN2O5/c19-14-7-12(8-15-17(14)26-10-25-15)18(23)24-9-16(22)21-13-3-1-11(2-4-13)5-6-20/h1-4,7-8H,5,9-10H2,(H,21,22). The first kappa shape index (κ1) is 17.6. The first-order valence-corrected chi connectivity index (χ1v) is 7.96. The normalized spacial score (nSPS) is 11.5. The Morgan fingerprint density at radius 1 is 1.23 bits per heavy atom. The summed E-state index contributed by atoms with van der Waals surface area (Å²) in [5, 5.41) is 11.5. The number of nitrogens with one attached hydrogen (secondary N) is 1. The number of anilines is 1. The highest BCUT2D eigenvalue weighted by atomic mass is 35.5. The summed E-state index contributed by atoms with van der Waals surface area (Å²) in [6, 6.07) is 11.7. The molecule has 0 fully saturated rings. The second kappa shape index (κ2) is 7.76. The molecule has 0 aromatic heterocycles. The molecule has 1 N–H and O–H groups in total. The lowest BCUT2D eigenvalue weighted by Crippen LogP contribution is -2.20. The molecule has 0 spiro atoms. The van der Waals surface area contributed by atoms with Crippen LogP contribution in [0, 0.1) is 11.3 Å². The zero-order valence-corrected chi connectivity index (χ0v) is 14.2. The Labute approximate surface area is 154 Å². The second-order valence-corrected chi connectivity index (χ2v) is 5.76. The van der Waals surface area contributed by atoms with E-state index in [1.165, 1.54) is 12.1 Å². The molecule has 2 aromatic rings. The van der Waals surface area contributed by atoms with Gasteiger partial charge in [-0.15, -0.1) is 0 Å². The van der Waals surface area contributed by atoms with Gasteiger partial charge in [-0.05, 0) is 29.8 Å². The topological polar surface area (TPSA) is 97.7 Å². The van der Waals surface area contributed by atoms with E-state index in [2.05, 4.69) is 5.32 Å². The van der Waals surface area contributed by atoms with Gasteiger partial charge in [-0.2, -0.15) is 5.26 Å². The molecule has 2 aromatic carbocycles. The molecule has 1 heterocycles. The molecule has 0 atom stereocenters. The average Bonchev–Trinajstić information content (AvgIpc) is 3.11. The average molecular weight is 373 g/mol. The Balaban J connectivity index is 1.55. The van der Waals surface area contributed by atoms with Gasteiger partial charge in [-0.25, -0.2) is 4.79 Å². The third-order valence-corrected chi connectivity index (χ3v) is 3.80. The van der Waals surface area contributed by atoms with Crippen molar-refractivity contribution < 1.29 is 23.8 Å². The van der Waals surface area contributed by atoms with Crippen molar-refractivity contribution in [1.82, 2.24) is 0 Å². The number of amides is 1. The second-order valence-electron chi connectivity index (χ2n) is 5.35. The molecule has 0 radical (unpaired) electrons. The Kier molecular flexibility index (Phi) is 5.25. The summed E-state index contributed by atoms with van der Waals surface area (Å²) in [5.74, 6) is -0.463. The number of hydrogen-bond acceptors (Lipinski definition) is 6. The summed E-state index contributed by atoms with van der Waals surface area (Å²) in [6.45, 7) is -0.423. The van der Waals surface area contributed by atoms with Crippen LogP contribution >= 0.6 is 11.6 Å². The first-order valence-electron chi connectivity index (χ1n) is 7.59. The zero-order chi connectivity index (χ0) is 18.5. The lowest BCUT2D eigenvalue weighted by molar-refractivity contribution is -0.119. The number of nitrogens with zero attached hydrogens (tertiary/aromatic N) is 1. The van der Waals surface area contributed by atoms with Crippen molar-refractivity contribution in [1.29, 1.82) is 5.26 Å². The van der Waals surface area contributed by atoms with E-state index in [9.17, 15) is 9.59 Å². The Bertz CT molecular complexity index is 890. The van der Waals surface area contributed by atoms with Crippen LogP contribution in [0.4, 0.5) is 5.69 Å². The monoisotopic (exact) mass is 372 g/mol. The van der Waals surface area contributed by atoms with Crippen molar-refractivity contribution >= 4 is 29.2 Å². The molecule has 1 aliphatic rings. The van der Waals surface area contributed by atoms with Gasteiger partial charge in [0.15, 0.2) is 18.1 Å². The maximum Gasteiger partial charge on any atom is 0.338 e. The zero-order valence-electron chi connectivity index (χ0n) is 13.5. The van der Waals surface area contributed by atoms with Gasteiger partial charge in [0.25, 0.3) is 5.91 Å². The van der Waals surface area contributed by atoms with E-state index in [1.807, 2.05) is 6.07 Å². The minimum absolute atomic E-state index is 0.0309. The van der Waals surface area contributed by atoms with Gasteiger partial charge in [-0.1, -0.05) is 23.7 Å². The van der Waals surface area contributed by atoms with E-state index in [0.717, 1.165) is 5.56 Å². The van der Waals surface area contributed by atoms with Gasteiger partial charge in [0, 0.05) is 5.69 Å². The number of nitriles is 1. The van der Waals surface area contributed by atoms with E-state index in [-0.39, 0.29) is 17.4 Å². The number of carbonyl (C=O) groups excluding carboxylic acids is 2. The van der Waals surface area contributed by atoms with E-state index >= 15 is 0 Å². The van der Waals surface area contributed by atoms with Gasteiger partial charge in [0.2, 0.25) is 6.79 Å². The molecule has 1 aliphatic heterocycles. The molecule has 0 unspecified atom stereocenters. The fourth-order valence-electron chi connectivity index (χ4n) is 2.29. The predicted octanol–water partition coefficient (Wildman–Crippen LogP) is 2.93. The van der Waals surface area contributed by atoms with Gasteiger partial charge in [-0.3, -0.25) is 4.79 Å². The molecule has 132 valence electrons. The van der Waals surface area contributed by atoms with Crippen LogP contribution in [0.3, 0.4) is 0 Å². The molecule has 7 nitrogen and oxygen atoms in total. The highest BCUT2D eigenvalue weighted by molar-refractivity contribution is 6.32. The van der Waals surface area contributed by atoms with Crippen molar-refractivity contribution in [2.75, 3.05) is 18.7 Å². The Hall–Kier alpha value is -3.24. The number of fused-ring (bicyclic) bond motifs is 1. The minimum Gasteiger partial charge on any atom is -0.454 e. The number of benzene rings is 2. The Morgan fingerprint density at radius 3 is 2.73 bits per heavy atom. The van der Waals surface area contributed by atoms with E-state index < -0.39 is 18.5 Å². The SMILES string of the molecule is N#CCc1ccc(NC(=O)COC(=O)c2cc(Cl)c3c(c2)OCO3)cc1. The lowest BCUT2D eigenvalue weighted by atomic mass is 10.1. The third kappa shape index (κ3) is 4.05. The third-order valence-electron chi connectivity index (χ3n) is 3.52. The highest BCUT2D eigenvalue weighted by Gasteiger charge is 2.21. The van der Waals surface area contributed by atoms with E-state index in [0.29, 0.717) is 23.6 Å². The maximum absolute atomic E-state index is 12.1. The summed E-state index contributed by atoms with van der Waals surface area (Å²) in [6.07, 6.45) is 0.296. The van der Waals surface area contributed by atoms with Gasteiger partial charge >= 0.3 is 5.97 Å². The molecule has 1 amide bonds. The van der Waals surface area contributed by atoms with Crippen LogP contribution < -0.4 is 14.8 Å². The molecule has 0 saturated heterocycles. The summed E-state index contributed by atoms with van der Waals surface area (Å²) in [4.78, 5) is 24.0. The van der Waals surface area contributed by atoms with Crippen LogP contribution in [0.5, 0.6) is 11.5 Å². The van der Waals surface area contributed by atoms with E-state index in [1.54, 1.807) is 24.3 Å². The fraction of sp³-hybridized carbons (Fsp3) is 0.167. The quantitative estimate of drug-likeness (QED) is 0.810. The van der Waals surface area contributed by atoms with Crippen molar-refractivity contribution in [3.8, 4) is 17.6 Å². The molecule has 3 rings (SSSR count). The number of rotatable bonds is 5. The molecular formula is C18H13ClN2O5. The van der Waals surface area contributed by atoms with Crippen molar-refractivity contribution in [2.24, 2.45) is 0 Å². The van der Waals surface area contributed by atoms with Crippen molar-refractivity contribution in [3.63, 3.8) is 0 Å². The molecule has 26 heavy (non-hydrogen) atoms. The van der Waals surface area contributed by atoms with Gasteiger partial charge in [0.1, 0.15) is 0 Å². The van der Waals surface area contributed by atoms with Crippen molar-refractivity contribution in [3.05, 3.63) is 52.5 Å². The lowest BCUT2D eigenvalue weighted by Gasteiger charge is -2.08. The molecule has 0 saturated carbocycles. The number of carbonyl (C=O) groups is 2. The largest absolute Gasteiger partial charge is 0.454 e. The van der Waals surface area contributed by atoms with Crippen LogP contribution in [-0.2, 0) is 16.0 Å². The summed E-state index contributed by atoms with van der Waals surface area (Å²) < 4.78 is 15.3. The van der Waals surface area contributed by atoms with Crippen LogP contribution in [0.2, 0.25) is 5.02 Å². The molecule has 0 aliphatic carbocycles. The molecule has 0 bridgehead atoms. The number of esters is 1. The van der Waals surface area contributed by atoms with Crippen LogP contribution in [0.15, 0.2) is 36.4 Å². The van der Waals surface area contributed by atoms with Crippen LogP contribution in [0.25, 0.3) is 0 Å². The highest BCUT2D eigenvalue weighted by Crippen LogP contribution is 2.39. The van der Waals surface area contributed by atoms with Gasteiger partial charge in [0.05, 0.1) is 23.1 Å². The number of ether oxygens (including phenoxy) is 3. The van der Waals surface area contributed by atoms with E-state index in [4.69, 9.17) is 31.1 Å². The van der Waals surface area contributed by atoms with Gasteiger partial charge < -0.3 is 19.5 Å². The van der Waals surface area contributed by atoms with Crippen molar-refractivity contribution in [2.45, 2.75) is 6.42 Å².